The van der Waals surface area contributed by atoms with Crippen molar-refractivity contribution in [1.29, 1.82) is 0 Å². The standard InChI is InChI=1S/C23H31N5O9/c24-14(10-12-3-5-13(29)6-4-12)20(33)26-15(7-8-19(31)32)22(35)28-9-1-2-17(28)21(34)27-16(23(36)37)11-18(25)30/h3-6,14-17,29H,1-2,7-11,24H2,(H2,25,30)(H,26,33)(H,27,34)(H,31,32)(H,36,37). The van der Waals surface area contributed by atoms with Crippen LogP contribution in [0.5, 0.6) is 5.75 Å². The summed E-state index contributed by atoms with van der Waals surface area (Å²) in [5, 5.41) is 32.4. The third-order valence-corrected chi connectivity index (χ3v) is 5.85. The highest BCUT2D eigenvalue weighted by Crippen LogP contribution is 2.20. The minimum atomic E-state index is -1.58. The number of benzene rings is 1. The molecule has 14 nitrogen and oxygen atoms in total. The fourth-order valence-electron chi connectivity index (χ4n) is 3.96. The third-order valence-electron chi connectivity index (χ3n) is 5.85. The van der Waals surface area contributed by atoms with E-state index < -0.39 is 72.6 Å². The first kappa shape index (κ1) is 29.0. The van der Waals surface area contributed by atoms with Gasteiger partial charge in [-0.1, -0.05) is 12.1 Å². The van der Waals surface area contributed by atoms with Crippen LogP contribution in [0, 0.1) is 0 Å². The van der Waals surface area contributed by atoms with Gasteiger partial charge >= 0.3 is 11.9 Å². The van der Waals surface area contributed by atoms with Gasteiger partial charge in [0.1, 0.15) is 23.9 Å². The Morgan fingerprint density at radius 2 is 1.68 bits per heavy atom. The van der Waals surface area contributed by atoms with Gasteiger partial charge in [0.2, 0.25) is 23.6 Å². The van der Waals surface area contributed by atoms with Crippen LogP contribution in [0.3, 0.4) is 0 Å². The van der Waals surface area contributed by atoms with Crippen molar-refractivity contribution in [2.75, 3.05) is 6.54 Å². The predicted octanol–water partition coefficient (Wildman–Crippen LogP) is -1.95. The molecule has 0 aliphatic carbocycles. The molecule has 0 radical (unpaired) electrons. The zero-order valence-corrected chi connectivity index (χ0v) is 20.0. The monoisotopic (exact) mass is 521 g/mol. The van der Waals surface area contributed by atoms with Gasteiger partial charge in [0.15, 0.2) is 0 Å². The maximum absolute atomic E-state index is 13.3. The van der Waals surface area contributed by atoms with Crippen LogP contribution in [-0.2, 0) is 35.2 Å². The van der Waals surface area contributed by atoms with Crippen molar-refractivity contribution in [2.45, 2.75) is 62.7 Å². The lowest BCUT2D eigenvalue weighted by Crippen LogP contribution is -2.57. The molecule has 4 atom stereocenters. The number of primary amides is 1. The third kappa shape index (κ3) is 8.75. The number of nitrogens with two attached hydrogens (primary N) is 2. The summed E-state index contributed by atoms with van der Waals surface area (Å²) < 4.78 is 0. The Morgan fingerprint density at radius 1 is 1.03 bits per heavy atom. The number of aliphatic carboxylic acids is 2. The first-order valence-electron chi connectivity index (χ1n) is 11.6. The van der Waals surface area contributed by atoms with E-state index in [1.165, 1.54) is 12.1 Å². The first-order chi connectivity index (χ1) is 17.4. The molecule has 9 N–H and O–H groups in total. The van der Waals surface area contributed by atoms with Gasteiger partial charge in [0.05, 0.1) is 12.5 Å². The van der Waals surface area contributed by atoms with E-state index in [4.69, 9.17) is 16.6 Å². The zero-order valence-electron chi connectivity index (χ0n) is 20.0. The topological polar surface area (TPSA) is 242 Å². The number of carbonyl (C=O) groups excluding carboxylic acids is 4. The number of nitrogens with one attached hydrogen (secondary N) is 2. The van der Waals surface area contributed by atoms with Gasteiger partial charge in [-0.25, -0.2) is 4.79 Å². The Kier molecular flexibility index (Phi) is 10.4. The van der Waals surface area contributed by atoms with Crippen LogP contribution in [-0.4, -0.2) is 86.5 Å². The zero-order chi connectivity index (χ0) is 27.7. The van der Waals surface area contributed by atoms with Gasteiger partial charge < -0.3 is 42.3 Å². The predicted molar refractivity (Wildman–Crippen MR) is 127 cm³/mol. The Morgan fingerprint density at radius 3 is 2.24 bits per heavy atom. The van der Waals surface area contributed by atoms with Crippen LogP contribution in [0.1, 0.15) is 37.7 Å². The number of hydrogen-bond acceptors (Lipinski definition) is 8. The number of nitrogens with zero attached hydrogens (tertiary/aromatic N) is 1. The van der Waals surface area contributed by atoms with Gasteiger partial charge in [0.25, 0.3) is 0 Å². The maximum atomic E-state index is 13.3. The summed E-state index contributed by atoms with van der Waals surface area (Å²) in [6.45, 7) is 0.115. The molecule has 1 aliphatic heterocycles. The van der Waals surface area contributed by atoms with E-state index in [0.717, 1.165) is 4.90 Å². The fourth-order valence-corrected chi connectivity index (χ4v) is 3.96. The quantitative estimate of drug-likeness (QED) is 0.151. The minimum absolute atomic E-state index is 0.0367. The summed E-state index contributed by atoms with van der Waals surface area (Å²) in [6, 6.07) is 0.944. The van der Waals surface area contributed by atoms with E-state index >= 15 is 0 Å². The van der Waals surface area contributed by atoms with E-state index in [1.807, 2.05) is 0 Å². The molecular weight excluding hydrogens is 490 g/mol. The number of carboxylic acid groups (broad SMARTS) is 2. The highest BCUT2D eigenvalue weighted by molar-refractivity contribution is 5.95. The smallest absolute Gasteiger partial charge is 0.326 e. The fraction of sp³-hybridized carbons (Fsp3) is 0.478. The molecule has 1 saturated heterocycles. The van der Waals surface area contributed by atoms with Crippen LogP contribution in [0.2, 0.25) is 0 Å². The van der Waals surface area contributed by atoms with E-state index in [9.17, 15) is 39.0 Å². The lowest BCUT2D eigenvalue weighted by atomic mass is 10.0. The van der Waals surface area contributed by atoms with Crippen molar-refractivity contribution in [3.63, 3.8) is 0 Å². The van der Waals surface area contributed by atoms with Crippen LogP contribution in [0.25, 0.3) is 0 Å². The van der Waals surface area contributed by atoms with E-state index in [2.05, 4.69) is 10.6 Å². The molecule has 4 amide bonds. The number of carbonyl (C=O) groups is 6. The summed E-state index contributed by atoms with van der Waals surface area (Å²) in [7, 11) is 0. The number of phenolic OH excluding ortho intramolecular Hbond substituents is 1. The number of aromatic hydroxyl groups is 1. The van der Waals surface area contributed by atoms with Crippen LogP contribution < -0.4 is 22.1 Å². The van der Waals surface area contributed by atoms with Crippen molar-refractivity contribution in [2.24, 2.45) is 11.5 Å². The van der Waals surface area contributed by atoms with Crippen LogP contribution in [0.15, 0.2) is 24.3 Å². The molecule has 0 saturated carbocycles. The average Bonchev–Trinajstić information content (AvgIpc) is 3.31. The number of rotatable bonds is 13. The number of carboxylic acids is 2. The van der Waals surface area contributed by atoms with Crippen molar-refractivity contribution in [3.05, 3.63) is 29.8 Å². The molecule has 202 valence electrons. The Bertz CT molecular complexity index is 1030. The van der Waals surface area contributed by atoms with Crippen molar-refractivity contribution in [1.82, 2.24) is 15.5 Å². The van der Waals surface area contributed by atoms with E-state index in [0.29, 0.717) is 12.0 Å². The van der Waals surface area contributed by atoms with Crippen LogP contribution in [0.4, 0.5) is 0 Å². The summed E-state index contributed by atoms with van der Waals surface area (Å²) in [4.78, 5) is 73.6. The number of hydrogen-bond donors (Lipinski definition) is 7. The molecule has 37 heavy (non-hydrogen) atoms. The minimum Gasteiger partial charge on any atom is -0.508 e. The molecule has 1 heterocycles. The lowest BCUT2D eigenvalue weighted by Gasteiger charge is -2.29. The Balaban J connectivity index is 2.13. The SMILES string of the molecule is NC(=O)CC(NC(=O)C1CCCN1C(=O)C(CCC(=O)O)NC(=O)C(N)Cc1ccc(O)cc1)C(=O)O. The van der Waals surface area contributed by atoms with Gasteiger partial charge in [0, 0.05) is 13.0 Å². The first-order valence-corrected chi connectivity index (χ1v) is 11.6. The molecule has 1 fully saturated rings. The van der Waals surface area contributed by atoms with Gasteiger partial charge in [-0.05, 0) is 43.4 Å². The van der Waals surface area contributed by atoms with E-state index in [-0.39, 0.29) is 31.6 Å². The summed E-state index contributed by atoms with van der Waals surface area (Å²) in [5.41, 5.74) is 11.6. The molecule has 1 aliphatic rings. The second kappa shape index (κ2) is 13.2. The molecule has 0 aromatic heterocycles. The number of amides is 4. The molecule has 1 aromatic rings. The largest absolute Gasteiger partial charge is 0.508 e. The normalized spacial score (nSPS) is 17.3. The number of phenols is 1. The molecule has 0 spiro atoms. The number of likely N-dealkylation sites (tertiary alicyclic amines) is 1. The van der Waals surface area contributed by atoms with Gasteiger partial charge in [-0.3, -0.25) is 24.0 Å². The maximum Gasteiger partial charge on any atom is 0.326 e. The Labute approximate surface area is 212 Å². The average molecular weight is 522 g/mol. The van der Waals surface area contributed by atoms with E-state index in [1.54, 1.807) is 12.1 Å². The van der Waals surface area contributed by atoms with Gasteiger partial charge in [-0.15, -0.1) is 0 Å². The second-order valence-corrected chi connectivity index (χ2v) is 8.73. The highest BCUT2D eigenvalue weighted by Gasteiger charge is 2.39. The molecule has 2 rings (SSSR count). The van der Waals surface area contributed by atoms with Crippen molar-refractivity contribution >= 4 is 35.6 Å². The molecule has 1 aromatic carbocycles. The van der Waals surface area contributed by atoms with Crippen molar-refractivity contribution < 1.29 is 44.1 Å². The highest BCUT2D eigenvalue weighted by atomic mass is 16.4. The van der Waals surface area contributed by atoms with Crippen LogP contribution >= 0.6 is 0 Å². The summed E-state index contributed by atoms with van der Waals surface area (Å²) in [5.74, 6) is -5.83. The van der Waals surface area contributed by atoms with Gasteiger partial charge in [-0.2, -0.15) is 0 Å². The molecule has 0 bridgehead atoms. The molecule has 4 unspecified atom stereocenters. The second-order valence-electron chi connectivity index (χ2n) is 8.73. The van der Waals surface area contributed by atoms with Crippen molar-refractivity contribution in [3.8, 4) is 5.75 Å². The summed E-state index contributed by atoms with van der Waals surface area (Å²) >= 11 is 0. The molecule has 14 heteroatoms. The molecular formula is C23H31N5O9. The Hall–Kier alpha value is -4.20. The lowest BCUT2D eigenvalue weighted by molar-refractivity contribution is -0.146. The summed E-state index contributed by atoms with van der Waals surface area (Å²) in [6.07, 6.45) is -0.683.